The van der Waals surface area contributed by atoms with Gasteiger partial charge in [0, 0.05) is 22.8 Å². The summed E-state index contributed by atoms with van der Waals surface area (Å²) in [6.45, 7) is 6.50. The van der Waals surface area contributed by atoms with Crippen LogP contribution in [0.2, 0.25) is 0 Å². The van der Waals surface area contributed by atoms with Gasteiger partial charge in [0.15, 0.2) is 11.2 Å². The fraction of sp³-hybridized carbons (Fsp3) is 0.312. The minimum Gasteiger partial charge on any atom is -0.487 e. The van der Waals surface area contributed by atoms with Crippen LogP contribution < -0.4 is 10.4 Å². The first-order chi connectivity index (χ1) is 9.60. The third-order valence-electron chi connectivity index (χ3n) is 3.22. The number of hydrogen-bond donors (Lipinski definition) is 0. The highest BCUT2D eigenvalue weighted by molar-refractivity contribution is 6.00. The van der Waals surface area contributed by atoms with Gasteiger partial charge in [-0.05, 0) is 25.1 Å². The second kappa shape index (κ2) is 4.71. The van der Waals surface area contributed by atoms with Crippen molar-refractivity contribution in [3.8, 4) is 5.75 Å². The monoisotopic (exact) mass is 272 g/mol. The van der Waals surface area contributed by atoms with Crippen molar-refractivity contribution < 1.29 is 13.6 Å². The molecule has 0 amide bonds. The number of furan rings is 1. The van der Waals surface area contributed by atoms with Gasteiger partial charge in [-0.2, -0.15) is 0 Å². The van der Waals surface area contributed by atoms with Crippen molar-refractivity contribution in [2.75, 3.05) is 6.61 Å². The molecule has 3 aromatic rings. The van der Waals surface area contributed by atoms with Crippen molar-refractivity contribution in [2.45, 2.75) is 26.7 Å². The zero-order chi connectivity index (χ0) is 14.3. The van der Waals surface area contributed by atoms with E-state index in [0.717, 1.165) is 16.5 Å². The van der Waals surface area contributed by atoms with Crippen LogP contribution in [-0.4, -0.2) is 6.61 Å². The van der Waals surface area contributed by atoms with Gasteiger partial charge in [-0.15, -0.1) is 0 Å². The number of benzene rings is 1. The Morgan fingerprint density at radius 1 is 1.10 bits per heavy atom. The van der Waals surface area contributed by atoms with Crippen LogP contribution in [-0.2, 0) is 0 Å². The molecule has 104 valence electrons. The predicted molar refractivity (Wildman–Crippen MR) is 77.5 cm³/mol. The molecule has 4 nitrogen and oxygen atoms in total. The van der Waals surface area contributed by atoms with Crippen LogP contribution in [0, 0.1) is 0 Å². The quantitative estimate of drug-likeness (QED) is 0.675. The van der Waals surface area contributed by atoms with Crippen molar-refractivity contribution in [2.24, 2.45) is 0 Å². The molecule has 0 aliphatic rings. The second-order valence-corrected chi connectivity index (χ2v) is 5.03. The van der Waals surface area contributed by atoms with Gasteiger partial charge in [-0.1, -0.05) is 13.8 Å². The van der Waals surface area contributed by atoms with Crippen LogP contribution in [0.4, 0.5) is 0 Å². The minimum atomic E-state index is -0.395. The lowest BCUT2D eigenvalue weighted by molar-refractivity contribution is 0.334. The smallest absolute Gasteiger partial charge is 0.336 e. The summed E-state index contributed by atoms with van der Waals surface area (Å²) in [6, 6.07) is 7.11. The highest BCUT2D eigenvalue weighted by Crippen LogP contribution is 2.37. The van der Waals surface area contributed by atoms with Crippen LogP contribution in [0.1, 0.15) is 32.4 Å². The number of ether oxygens (including phenoxy) is 1. The van der Waals surface area contributed by atoms with Gasteiger partial charge in [-0.3, -0.25) is 0 Å². The Labute approximate surface area is 115 Å². The normalized spacial score (nSPS) is 11.6. The maximum absolute atomic E-state index is 11.4. The average molecular weight is 272 g/mol. The van der Waals surface area contributed by atoms with Gasteiger partial charge in [0.25, 0.3) is 0 Å². The second-order valence-electron chi connectivity index (χ2n) is 5.03. The Balaban J connectivity index is 2.41. The first-order valence-corrected chi connectivity index (χ1v) is 6.73. The van der Waals surface area contributed by atoms with Crippen molar-refractivity contribution in [1.82, 2.24) is 0 Å². The molecule has 0 radical (unpaired) electrons. The van der Waals surface area contributed by atoms with Crippen LogP contribution >= 0.6 is 0 Å². The first kappa shape index (κ1) is 12.8. The maximum Gasteiger partial charge on any atom is 0.336 e. The van der Waals surface area contributed by atoms with E-state index in [4.69, 9.17) is 13.6 Å². The third kappa shape index (κ3) is 1.97. The molecule has 0 aliphatic carbocycles. The summed E-state index contributed by atoms with van der Waals surface area (Å²) >= 11 is 0. The summed E-state index contributed by atoms with van der Waals surface area (Å²) in [5.41, 5.74) is 0.683. The molecule has 0 spiro atoms. The van der Waals surface area contributed by atoms with E-state index < -0.39 is 5.63 Å². The third-order valence-corrected chi connectivity index (χ3v) is 3.22. The van der Waals surface area contributed by atoms with Crippen molar-refractivity contribution in [3.63, 3.8) is 0 Å². The van der Waals surface area contributed by atoms with Gasteiger partial charge < -0.3 is 13.6 Å². The molecular formula is C16H16O4. The van der Waals surface area contributed by atoms with Gasteiger partial charge >= 0.3 is 5.63 Å². The number of fused-ring (bicyclic) bond motifs is 2. The van der Waals surface area contributed by atoms with Gasteiger partial charge in [0.2, 0.25) is 5.75 Å². The van der Waals surface area contributed by atoms with Crippen LogP contribution in [0.15, 0.2) is 37.9 Å². The molecule has 2 aromatic heterocycles. The summed E-state index contributed by atoms with van der Waals surface area (Å²) in [5.74, 6) is 1.68. The van der Waals surface area contributed by atoms with Crippen LogP contribution in [0.3, 0.4) is 0 Å². The summed E-state index contributed by atoms with van der Waals surface area (Å²) in [5, 5.41) is 1.79. The highest BCUT2D eigenvalue weighted by atomic mass is 16.5. The molecule has 0 N–H and O–H groups in total. The molecule has 0 bridgehead atoms. The van der Waals surface area contributed by atoms with E-state index in [1.54, 1.807) is 6.07 Å². The Bertz CT molecular complexity index is 823. The number of rotatable bonds is 3. The largest absolute Gasteiger partial charge is 0.487 e. The zero-order valence-corrected chi connectivity index (χ0v) is 11.7. The SMILES string of the molecule is CCOc1c2oc(C(C)C)cc2cc2ccc(=O)oc12. The zero-order valence-electron chi connectivity index (χ0n) is 11.7. The van der Waals surface area contributed by atoms with E-state index in [1.165, 1.54) is 6.07 Å². The molecule has 2 heterocycles. The van der Waals surface area contributed by atoms with Crippen molar-refractivity contribution >= 4 is 21.9 Å². The van der Waals surface area contributed by atoms with Gasteiger partial charge in [0.05, 0.1) is 6.61 Å². The molecular weight excluding hydrogens is 256 g/mol. The lowest BCUT2D eigenvalue weighted by Crippen LogP contribution is -1.98. The topological polar surface area (TPSA) is 52.6 Å². The van der Waals surface area contributed by atoms with E-state index in [-0.39, 0.29) is 5.92 Å². The van der Waals surface area contributed by atoms with Crippen molar-refractivity contribution in [3.05, 3.63) is 40.4 Å². The van der Waals surface area contributed by atoms with E-state index in [0.29, 0.717) is 23.5 Å². The Morgan fingerprint density at radius 3 is 2.55 bits per heavy atom. The summed E-state index contributed by atoms with van der Waals surface area (Å²) < 4.78 is 16.8. The Kier molecular flexibility index (Phi) is 3.01. The lowest BCUT2D eigenvalue weighted by atomic mass is 10.1. The average Bonchev–Trinajstić information content (AvgIpc) is 2.83. The fourth-order valence-corrected chi connectivity index (χ4v) is 2.26. The first-order valence-electron chi connectivity index (χ1n) is 6.73. The Hall–Kier alpha value is -2.23. The lowest BCUT2D eigenvalue weighted by Gasteiger charge is -2.06. The van der Waals surface area contributed by atoms with E-state index >= 15 is 0 Å². The van der Waals surface area contributed by atoms with Crippen molar-refractivity contribution in [1.29, 1.82) is 0 Å². The summed E-state index contributed by atoms with van der Waals surface area (Å²) in [6.07, 6.45) is 0. The molecule has 20 heavy (non-hydrogen) atoms. The minimum absolute atomic E-state index is 0.284. The molecule has 3 rings (SSSR count). The summed E-state index contributed by atoms with van der Waals surface area (Å²) in [7, 11) is 0. The molecule has 0 atom stereocenters. The van der Waals surface area contributed by atoms with Gasteiger partial charge in [-0.25, -0.2) is 4.79 Å². The maximum atomic E-state index is 11.4. The van der Waals surface area contributed by atoms with E-state index in [1.807, 2.05) is 19.1 Å². The predicted octanol–water partition coefficient (Wildman–Crippen LogP) is 4.06. The highest BCUT2D eigenvalue weighted by Gasteiger charge is 2.17. The molecule has 0 saturated heterocycles. The molecule has 4 heteroatoms. The van der Waals surface area contributed by atoms with E-state index in [9.17, 15) is 4.79 Å². The van der Waals surface area contributed by atoms with Crippen LogP contribution in [0.25, 0.3) is 21.9 Å². The van der Waals surface area contributed by atoms with Gasteiger partial charge in [0.1, 0.15) is 5.76 Å². The molecule has 1 aromatic carbocycles. The summed E-state index contributed by atoms with van der Waals surface area (Å²) in [4.78, 5) is 11.4. The molecule has 0 aliphatic heterocycles. The molecule has 0 fully saturated rings. The number of hydrogen-bond acceptors (Lipinski definition) is 4. The van der Waals surface area contributed by atoms with E-state index in [2.05, 4.69) is 13.8 Å². The molecule has 0 unspecified atom stereocenters. The standard InChI is InChI=1S/C16H16O4/c1-4-18-16-14-10(5-6-13(17)20-14)7-11-8-12(9(2)3)19-15(11)16/h5-9H,4H2,1-3H3. The van der Waals surface area contributed by atoms with Crippen LogP contribution in [0.5, 0.6) is 5.75 Å². The molecule has 0 saturated carbocycles. The Morgan fingerprint density at radius 2 is 1.85 bits per heavy atom. The fourth-order valence-electron chi connectivity index (χ4n) is 2.26.